The molecule has 2 unspecified atom stereocenters. The number of aromatic hydroxyl groups is 1. The van der Waals surface area contributed by atoms with E-state index < -0.39 is 6.10 Å². The Morgan fingerprint density at radius 2 is 2.22 bits per heavy atom. The molecule has 0 fully saturated rings. The summed E-state index contributed by atoms with van der Waals surface area (Å²) in [7, 11) is 0. The molecule has 5 heteroatoms. The van der Waals surface area contributed by atoms with Crippen LogP contribution in [0.25, 0.3) is 0 Å². The molecule has 0 saturated heterocycles. The van der Waals surface area contributed by atoms with Gasteiger partial charge in [-0.2, -0.15) is 11.4 Å². The number of thiol groups is 1. The average molecular weight is 330 g/mol. The molecule has 2 atom stereocenters. The Hall–Kier alpha value is -1.85. The molecular formula is C18H22N2O2S. The van der Waals surface area contributed by atoms with Crippen LogP contribution in [0.15, 0.2) is 42.2 Å². The van der Waals surface area contributed by atoms with Crippen molar-refractivity contribution in [3.05, 3.63) is 59.2 Å². The number of nitrogens with zero attached hydrogens (tertiary/aromatic N) is 2. The number of phenolic OH excluding ortho intramolecular Hbond substituents is 1. The largest absolute Gasteiger partial charge is 0.508 e. The molecule has 1 aliphatic heterocycles. The van der Waals surface area contributed by atoms with Crippen LogP contribution in [0.5, 0.6) is 5.75 Å². The van der Waals surface area contributed by atoms with Gasteiger partial charge in [0.15, 0.2) is 0 Å². The molecule has 0 amide bonds. The van der Waals surface area contributed by atoms with Crippen LogP contribution in [0.3, 0.4) is 0 Å². The van der Waals surface area contributed by atoms with Crippen LogP contribution in [0.1, 0.15) is 36.0 Å². The lowest BCUT2D eigenvalue weighted by Gasteiger charge is -2.15. The fourth-order valence-electron chi connectivity index (χ4n) is 2.88. The van der Waals surface area contributed by atoms with E-state index in [1.54, 1.807) is 19.1 Å². The van der Waals surface area contributed by atoms with Crippen molar-refractivity contribution in [1.82, 2.24) is 9.55 Å². The van der Waals surface area contributed by atoms with E-state index >= 15 is 0 Å². The molecule has 1 aliphatic rings. The van der Waals surface area contributed by atoms with Crippen LogP contribution >= 0.6 is 11.4 Å². The van der Waals surface area contributed by atoms with Crippen molar-refractivity contribution in [3.8, 4) is 5.75 Å². The number of allylic oxidation sites excluding steroid dienone is 1. The van der Waals surface area contributed by atoms with Gasteiger partial charge in [-0.15, -0.1) is 0 Å². The second-order valence-electron chi connectivity index (χ2n) is 6.04. The lowest BCUT2D eigenvalue weighted by atomic mass is 10.1. The van der Waals surface area contributed by atoms with Gasteiger partial charge in [-0.05, 0) is 36.9 Å². The van der Waals surface area contributed by atoms with Crippen molar-refractivity contribution < 1.29 is 10.2 Å². The highest BCUT2D eigenvalue weighted by Gasteiger charge is 2.22. The summed E-state index contributed by atoms with van der Waals surface area (Å²) in [5, 5.41) is 22.0. The van der Waals surface area contributed by atoms with Crippen LogP contribution < -0.4 is 0 Å². The van der Waals surface area contributed by atoms with Gasteiger partial charge < -0.3 is 14.8 Å². The zero-order valence-electron chi connectivity index (χ0n) is 13.3. The van der Waals surface area contributed by atoms with Gasteiger partial charge in [0.25, 0.3) is 0 Å². The second-order valence-corrected chi connectivity index (χ2v) is 7.15. The molecule has 2 N–H and O–H groups in total. The zero-order valence-corrected chi connectivity index (χ0v) is 14.2. The van der Waals surface area contributed by atoms with Gasteiger partial charge in [0.2, 0.25) is 0 Å². The molecule has 122 valence electrons. The molecule has 0 spiro atoms. The summed E-state index contributed by atoms with van der Waals surface area (Å²) in [4.78, 5) is 4.64. The lowest BCUT2D eigenvalue weighted by molar-refractivity contribution is 0.192. The van der Waals surface area contributed by atoms with Gasteiger partial charge in [-0.1, -0.05) is 23.8 Å². The molecule has 0 radical (unpaired) electrons. The number of rotatable bonds is 5. The van der Waals surface area contributed by atoms with E-state index in [0.29, 0.717) is 13.0 Å². The van der Waals surface area contributed by atoms with Crippen molar-refractivity contribution >= 4 is 16.7 Å². The Morgan fingerprint density at radius 3 is 2.87 bits per heavy atom. The van der Waals surface area contributed by atoms with Crippen LogP contribution in [0, 0.1) is 0 Å². The number of aliphatic hydroxyl groups excluding tert-OH is 1. The third-order valence-electron chi connectivity index (χ3n) is 3.99. The Bertz CT molecular complexity index is 762. The number of aliphatic hydroxyl groups is 1. The predicted molar refractivity (Wildman–Crippen MR) is 96.4 cm³/mol. The van der Waals surface area contributed by atoms with Crippen molar-refractivity contribution in [2.75, 3.05) is 0 Å². The van der Waals surface area contributed by atoms with E-state index in [4.69, 9.17) is 0 Å². The summed E-state index contributed by atoms with van der Waals surface area (Å²) < 4.78 is 2.08. The third kappa shape index (κ3) is 3.57. The fourth-order valence-corrected chi connectivity index (χ4v) is 4.05. The van der Waals surface area contributed by atoms with Crippen molar-refractivity contribution in [1.29, 1.82) is 0 Å². The van der Waals surface area contributed by atoms with Crippen LogP contribution in [-0.4, -0.2) is 31.2 Å². The van der Waals surface area contributed by atoms with E-state index in [-0.39, 0.29) is 11.0 Å². The Balaban J connectivity index is 1.95. The smallest absolute Gasteiger partial charge is 0.115 e. The van der Waals surface area contributed by atoms with E-state index in [1.807, 2.05) is 18.5 Å². The first kappa shape index (κ1) is 16.0. The highest BCUT2D eigenvalue weighted by molar-refractivity contribution is 7.98. The SMILES string of the molecule is CC1=CC=[SH]C1c1ncn(Cc2cccc(O)c2)c1CC(C)O. The topological polar surface area (TPSA) is 58.3 Å². The predicted octanol–water partition coefficient (Wildman–Crippen LogP) is 2.83. The molecule has 2 heterocycles. The standard InChI is InChI=1S/C18H22N2O2S/c1-12-6-7-23-18(12)17-16(8-13(2)21)20(11-19-17)10-14-4-3-5-15(22)9-14/h3-7,9,11,13,18,21-23H,8,10H2,1-2H3. The van der Waals surface area contributed by atoms with Gasteiger partial charge in [0.05, 0.1) is 23.4 Å². The number of benzene rings is 1. The Morgan fingerprint density at radius 1 is 1.39 bits per heavy atom. The van der Waals surface area contributed by atoms with Gasteiger partial charge >= 0.3 is 0 Å². The first-order chi connectivity index (χ1) is 11.0. The van der Waals surface area contributed by atoms with Crippen LogP contribution in [0.4, 0.5) is 0 Å². The second kappa shape index (κ2) is 6.72. The van der Waals surface area contributed by atoms with Gasteiger partial charge in [0, 0.05) is 18.7 Å². The third-order valence-corrected chi connectivity index (χ3v) is 5.26. The molecule has 2 aromatic rings. The maximum absolute atomic E-state index is 9.89. The van der Waals surface area contributed by atoms with E-state index in [9.17, 15) is 10.2 Å². The van der Waals surface area contributed by atoms with E-state index in [1.165, 1.54) is 16.9 Å². The van der Waals surface area contributed by atoms with E-state index in [2.05, 4.69) is 27.9 Å². The van der Waals surface area contributed by atoms with Crippen LogP contribution in [0.2, 0.25) is 0 Å². The molecule has 1 aromatic carbocycles. The maximum Gasteiger partial charge on any atom is 0.115 e. The normalized spacial score (nSPS) is 18.6. The summed E-state index contributed by atoms with van der Waals surface area (Å²) >= 11 is 1.23. The number of hydrogen-bond acceptors (Lipinski definition) is 3. The number of aromatic nitrogens is 2. The lowest BCUT2D eigenvalue weighted by Crippen LogP contribution is -2.13. The fraction of sp³-hybridized carbons (Fsp3) is 0.333. The molecule has 0 saturated carbocycles. The molecule has 23 heavy (non-hydrogen) atoms. The summed E-state index contributed by atoms with van der Waals surface area (Å²) in [6, 6.07) is 7.26. The summed E-state index contributed by atoms with van der Waals surface area (Å²) in [6.07, 6.45) is 4.15. The van der Waals surface area contributed by atoms with Gasteiger partial charge in [-0.25, -0.2) is 4.98 Å². The Labute approximate surface area is 140 Å². The molecule has 3 rings (SSSR count). The molecule has 0 aliphatic carbocycles. The highest BCUT2D eigenvalue weighted by Crippen LogP contribution is 2.35. The van der Waals surface area contributed by atoms with E-state index in [0.717, 1.165) is 17.0 Å². The minimum absolute atomic E-state index is 0.266. The van der Waals surface area contributed by atoms with Gasteiger partial charge in [-0.3, -0.25) is 0 Å². The first-order valence-electron chi connectivity index (χ1n) is 7.74. The number of imidazole rings is 1. The number of phenols is 1. The van der Waals surface area contributed by atoms with Crippen molar-refractivity contribution in [2.45, 2.75) is 38.2 Å². The summed E-state index contributed by atoms with van der Waals surface area (Å²) in [6.45, 7) is 4.57. The molecule has 0 bridgehead atoms. The maximum atomic E-state index is 9.89. The van der Waals surface area contributed by atoms with Crippen molar-refractivity contribution in [3.63, 3.8) is 0 Å². The first-order valence-corrected chi connectivity index (χ1v) is 8.77. The monoisotopic (exact) mass is 330 g/mol. The quantitative estimate of drug-likeness (QED) is 0.584. The molecule has 1 aromatic heterocycles. The summed E-state index contributed by atoms with van der Waals surface area (Å²) in [5.41, 5.74) is 4.45. The number of hydrogen-bond donors (Lipinski definition) is 3. The Kier molecular flexibility index (Phi) is 4.68. The van der Waals surface area contributed by atoms with Gasteiger partial charge in [0.1, 0.15) is 5.75 Å². The summed E-state index contributed by atoms with van der Waals surface area (Å²) in [5.74, 6) is 0.266. The minimum atomic E-state index is -0.417. The van der Waals surface area contributed by atoms with Crippen LogP contribution in [-0.2, 0) is 13.0 Å². The highest BCUT2D eigenvalue weighted by atomic mass is 32.1. The molecule has 4 nitrogen and oxygen atoms in total. The average Bonchev–Trinajstić information content (AvgIpc) is 3.06. The zero-order chi connectivity index (χ0) is 16.4. The molecular weight excluding hydrogens is 308 g/mol. The van der Waals surface area contributed by atoms with Crippen molar-refractivity contribution in [2.24, 2.45) is 0 Å². The minimum Gasteiger partial charge on any atom is -0.508 e.